The number of nitrogens with zero attached hydrogens (tertiary/aromatic N) is 2. The van der Waals surface area contributed by atoms with Crippen molar-refractivity contribution in [3.8, 4) is 0 Å². The summed E-state index contributed by atoms with van der Waals surface area (Å²) in [6, 6.07) is 5.60. The molecule has 2 amide bonds. The highest BCUT2D eigenvalue weighted by molar-refractivity contribution is 5.89. The zero-order valence-corrected chi connectivity index (χ0v) is 14.9. The molecule has 0 spiro atoms. The van der Waals surface area contributed by atoms with Crippen LogP contribution < -0.4 is 21.3 Å². The van der Waals surface area contributed by atoms with Crippen LogP contribution in [0, 0.1) is 6.92 Å². The first kappa shape index (κ1) is 20.3. The molecule has 0 radical (unpaired) electrons. The summed E-state index contributed by atoms with van der Waals surface area (Å²) in [7, 11) is 0. The number of halogens is 3. The highest BCUT2D eigenvalue weighted by Gasteiger charge is 2.30. The number of benzene rings is 1. The first-order valence-electron chi connectivity index (χ1n) is 8.33. The van der Waals surface area contributed by atoms with Crippen molar-refractivity contribution in [2.24, 2.45) is 0 Å². The number of hydrogen-bond acceptors (Lipinski definition) is 5. The molecule has 1 aromatic carbocycles. The van der Waals surface area contributed by atoms with E-state index in [1.165, 1.54) is 12.1 Å². The average molecular weight is 382 g/mol. The second kappa shape index (κ2) is 9.06. The Morgan fingerprint density at radius 1 is 1.07 bits per heavy atom. The predicted molar refractivity (Wildman–Crippen MR) is 97.9 cm³/mol. The summed E-state index contributed by atoms with van der Waals surface area (Å²) in [5, 5.41) is 11.1. The monoisotopic (exact) mass is 382 g/mol. The molecular formula is C17H21F3N6O. The van der Waals surface area contributed by atoms with E-state index in [0.717, 1.165) is 18.7 Å². The zero-order chi connectivity index (χ0) is 19.9. The Bertz CT molecular complexity index is 782. The summed E-state index contributed by atoms with van der Waals surface area (Å²) < 4.78 is 38.0. The van der Waals surface area contributed by atoms with Crippen molar-refractivity contribution in [3.05, 3.63) is 41.7 Å². The smallest absolute Gasteiger partial charge is 0.370 e. The van der Waals surface area contributed by atoms with Crippen molar-refractivity contribution in [2.45, 2.75) is 20.0 Å². The predicted octanol–water partition coefficient (Wildman–Crippen LogP) is 3.47. The molecule has 0 saturated heterocycles. The Morgan fingerprint density at radius 2 is 1.78 bits per heavy atom. The molecule has 10 heteroatoms. The molecule has 7 nitrogen and oxygen atoms in total. The number of nitrogens with one attached hydrogen (secondary N) is 4. The fourth-order valence-electron chi connectivity index (χ4n) is 2.25. The van der Waals surface area contributed by atoms with Gasteiger partial charge >= 0.3 is 12.2 Å². The highest BCUT2D eigenvalue weighted by atomic mass is 19.4. The maximum absolute atomic E-state index is 12.7. The normalized spacial score (nSPS) is 11.0. The van der Waals surface area contributed by atoms with Gasteiger partial charge in [0.15, 0.2) is 0 Å². The molecule has 1 heterocycles. The maximum atomic E-state index is 12.7. The zero-order valence-electron chi connectivity index (χ0n) is 14.9. The lowest BCUT2D eigenvalue weighted by molar-refractivity contribution is -0.137. The van der Waals surface area contributed by atoms with Gasteiger partial charge in [-0.1, -0.05) is 6.07 Å². The Labute approximate surface area is 154 Å². The second-order valence-corrected chi connectivity index (χ2v) is 5.60. The van der Waals surface area contributed by atoms with E-state index in [1.807, 2.05) is 6.92 Å². The first-order valence-corrected chi connectivity index (χ1v) is 8.33. The van der Waals surface area contributed by atoms with Crippen LogP contribution in [0.1, 0.15) is 18.3 Å². The van der Waals surface area contributed by atoms with E-state index in [9.17, 15) is 18.0 Å². The van der Waals surface area contributed by atoms with E-state index >= 15 is 0 Å². The maximum Gasteiger partial charge on any atom is 0.416 e. The first-order chi connectivity index (χ1) is 12.8. The molecule has 0 unspecified atom stereocenters. The number of rotatable bonds is 7. The summed E-state index contributed by atoms with van der Waals surface area (Å²) in [6.45, 7) is 5.10. The molecule has 2 aromatic rings. The van der Waals surface area contributed by atoms with E-state index < -0.39 is 17.8 Å². The summed E-state index contributed by atoms with van der Waals surface area (Å²) in [5.41, 5.74) is -0.755. The third-order valence-corrected chi connectivity index (χ3v) is 3.36. The minimum Gasteiger partial charge on any atom is -0.370 e. The van der Waals surface area contributed by atoms with Crippen LogP contribution in [0.25, 0.3) is 0 Å². The van der Waals surface area contributed by atoms with E-state index in [2.05, 4.69) is 31.2 Å². The third kappa shape index (κ3) is 6.65. The van der Waals surface area contributed by atoms with Crippen LogP contribution in [-0.4, -0.2) is 35.6 Å². The van der Waals surface area contributed by atoms with Crippen molar-refractivity contribution in [3.63, 3.8) is 0 Å². The van der Waals surface area contributed by atoms with E-state index in [0.29, 0.717) is 24.0 Å². The van der Waals surface area contributed by atoms with Crippen LogP contribution >= 0.6 is 0 Å². The lowest BCUT2D eigenvalue weighted by Crippen LogP contribution is -2.32. The topological polar surface area (TPSA) is 91.0 Å². The van der Waals surface area contributed by atoms with Gasteiger partial charge in [-0.15, -0.1) is 0 Å². The van der Waals surface area contributed by atoms with Crippen molar-refractivity contribution in [1.82, 2.24) is 15.3 Å². The molecule has 27 heavy (non-hydrogen) atoms. The Kier molecular flexibility index (Phi) is 6.80. The Hall–Kier alpha value is -3.04. The molecule has 0 aliphatic carbocycles. The molecule has 0 atom stereocenters. The highest BCUT2D eigenvalue weighted by Crippen LogP contribution is 2.30. The van der Waals surface area contributed by atoms with E-state index in [-0.39, 0.29) is 12.2 Å². The summed E-state index contributed by atoms with van der Waals surface area (Å²) in [6.07, 6.45) is -4.46. The van der Waals surface area contributed by atoms with Gasteiger partial charge in [0.1, 0.15) is 17.5 Å². The number of aromatic nitrogens is 2. The lowest BCUT2D eigenvalue weighted by Gasteiger charge is -2.12. The van der Waals surface area contributed by atoms with Gasteiger partial charge in [-0.25, -0.2) is 14.8 Å². The Balaban J connectivity index is 1.80. The van der Waals surface area contributed by atoms with Gasteiger partial charge in [-0.2, -0.15) is 13.2 Å². The van der Waals surface area contributed by atoms with Crippen molar-refractivity contribution < 1.29 is 18.0 Å². The summed E-state index contributed by atoms with van der Waals surface area (Å²) in [4.78, 5) is 20.3. The van der Waals surface area contributed by atoms with Crippen LogP contribution in [0.15, 0.2) is 30.3 Å². The van der Waals surface area contributed by atoms with Gasteiger partial charge in [0, 0.05) is 31.4 Å². The standard InChI is InChI=1S/C17H21F3N6O/c1-3-21-14-10-15(25-11(2)24-14)22-7-8-23-16(27)26-13-6-4-5-12(9-13)17(18,19)20/h4-6,9-10H,3,7-8H2,1-2H3,(H2,23,26,27)(H2,21,22,24,25). The van der Waals surface area contributed by atoms with Gasteiger partial charge in [-0.05, 0) is 32.0 Å². The minimum atomic E-state index is -4.46. The molecule has 0 saturated carbocycles. The number of anilines is 3. The van der Waals surface area contributed by atoms with Gasteiger partial charge < -0.3 is 21.3 Å². The molecule has 0 fully saturated rings. The van der Waals surface area contributed by atoms with Gasteiger partial charge in [0.2, 0.25) is 0 Å². The average Bonchev–Trinajstić information content (AvgIpc) is 2.58. The van der Waals surface area contributed by atoms with Crippen LogP contribution in [-0.2, 0) is 6.18 Å². The Morgan fingerprint density at radius 3 is 2.44 bits per heavy atom. The fraction of sp³-hybridized carbons (Fsp3) is 0.353. The van der Waals surface area contributed by atoms with Crippen LogP contribution in [0.3, 0.4) is 0 Å². The van der Waals surface area contributed by atoms with E-state index in [4.69, 9.17) is 0 Å². The number of amides is 2. The number of alkyl halides is 3. The lowest BCUT2D eigenvalue weighted by atomic mass is 10.2. The van der Waals surface area contributed by atoms with Gasteiger partial charge in [0.25, 0.3) is 0 Å². The SMILES string of the molecule is CCNc1cc(NCCNC(=O)Nc2cccc(C(F)(F)F)c2)nc(C)n1. The number of aryl methyl sites for hydroxylation is 1. The fourth-order valence-corrected chi connectivity index (χ4v) is 2.25. The second-order valence-electron chi connectivity index (χ2n) is 5.60. The number of carbonyl (C=O) groups is 1. The van der Waals surface area contributed by atoms with Crippen molar-refractivity contribution >= 4 is 23.4 Å². The molecule has 1 aromatic heterocycles. The van der Waals surface area contributed by atoms with Crippen molar-refractivity contribution in [2.75, 3.05) is 35.6 Å². The molecule has 4 N–H and O–H groups in total. The number of urea groups is 1. The quantitative estimate of drug-likeness (QED) is 0.551. The largest absolute Gasteiger partial charge is 0.416 e. The summed E-state index contributed by atoms with van der Waals surface area (Å²) >= 11 is 0. The molecular weight excluding hydrogens is 361 g/mol. The molecule has 0 bridgehead atoms. The number of carbonyl (C=O) groups excluding carboxylic acids is 1. The molecule has 146 valence electrons. The third-order valence-electron chi connectivity index (χ3n) is 3.36. The number of hydrogen-bond donors (Lipinski definition) is 4. The van der Waals surface area contributed by atoms with Gasteiger partial charge in [-0.3, -0.25) is 0 Å². The minimum absolute atomic E-state index is 0.0667. The molecule has 0 aliphatic heterocycles. The van der Waals surface area contributed by atoms with Crippen LogP contribution in [0.5, 0.6) is 0 Å². The van der Waals surface area contributed by atoms with Gasteiger partial charge in [0.05, 0.1) is 5.56 Å². The van der Waals surface area contributed by atoms with Crippen LogP contribution in [0.2, 0.25) is 0 Å². The molecule has 2 rings (SSSR count). The van der Waals surface area contributed by atoms with Crippen LogP contribution in [0.4, 0.5) is 35.3 Å². The van der Waals surface area contributed by atoms with E-state index in [1.54, 1.807) is 13.0 Å². The van der Waals surface area contributed by atoms with Crippen molar-refractivity contribution in [1.29, 1.82) is 0 Å². The summed E-state index contributed by atoms with van der Waals surface area (Å²) in [5.74, 6) is 1.91. The molecule has 0 aliphatic rings.